The molecule has 22 heavy (non-hydrogen) atoms. The van der Waals surface area contributed by atoms with Crippen LogP contribution < -0.4 is 0 Å². The number of carbonyl (C=O) groups excluding carboxylic acids is 1. The third kappa shape index (κ3) is 4.23. The van der Waals surface area contributed by atoms with E-state index in [1.165, 1.54) is 5.56 Å². The van der Waals surface area contributed by atoms with Crippen molar-refractivity contribution in [3.63, 3.8) is 0 Å². The largest absolute Gasteiger partial charge is 0.444 e. The lowest BCUT2D eigenvalue weighted by Crippen LogP contribution is -2.41. The molecular formula is C17H21BrN2O2. The summed E-state index contributed by atoms with van der Waals surface area (Å²) in [7, 11) is 0. The Morgan fingerprint density at radius 2 is 2.00 bits per heavy atom. The Labute approximate surface area is 140 Å². The van der Waals surface area contributed by atoms with Crippen molar-refractivity contribution in [2.45, 2.75) is 45.1 Å². The first-order valence-corrected chi connectivity index (χ1v) is 8.27. The molecule has 0 saturated carbocycles. The van der Waals surface area contributed by atoms with Crippen LogP contribution in [0.2, 0.25) is 0 Å². The molecule has 0 spiro atoms. The summed E-state index contributed by atoms with van der Waals surface area (Å²) in [5.41, 5.74) is 1.41. The van der Waals surface area contributed by atoms with E-state index in [0.29, 0.717) is 24.6 Å². The molecule has 1 heterocycles. The van der Waals surface area contributed by atoms with E-state index in [1.54, 1.807) is 4.90 Å². The zero-order chi connectivity index (χ0) is 16.3. The van der Waals surface area contributed by atoms with Crippen molar-refractivity contribution < 1.29 is 9.53 Å². The van der Waals surface area contributed by atoms with E-state index in [2.05, 4.69) is 22.0 Å². The van der Waals surface area contributed by atoms with Gasteiger partial charge in [-0.3, -0.25) is 0 Å². The molecule has 1 aromatic carbocycles. The summed E-state index contributed by atoms with van der Waals surface area (Å²) in [5.74, 6) is 0.419. The molecule has 2 rings (SSSR count). The molecule has 4 nitrogen and oxygen atoms in total. The van der Waals surface area contributed by atoms with Crippen LogP contribution in [0, 0.1) is 11.3 Å². The molecule has 0 aromatic heterocycles. The number of likely N-dealkylation sites (tertiary alicyclic amines) is 1. The molecule has 1 aliphatic heterocycles. The molecule has 0 radical (unpaired) electrons. The second-order valence-electron chi connectivity index (χ2n) is 6.59. The number of piperidine rings is 1. The van der Waals surface area contributed by atoms with E-state index in [1.807, 2.05) is 39.0 Å². The highest BCUT2D eigenvalue weighted by atomic mass is 79.9. The van der Waals surface area contributed by atoms with Crippen molar-refractivity contribution in [1.82, 2.24) is 4.90 Å². The quantitative estimate of drug-likeness (QED) is 0.740. The summed E-state index contributed by atoms with van der Waals surface area (Å²) in [4.78, 5) is 13.8. The van der Waals surface area contributed by atoms with Gasteiger partial charge in [-0.2, -0.15) is 5.26 Å². The van der Waals surface area contributed by atoms with Crippen LogP contribution in [0.4, 0.5) is 4.79 Å². The second-order valence-corrected chi connectivity index (χ2v) is 7.45. The van der Waals surface area contributed by atoms with Crippen LogP contribution in [0.25, 0.3) is 0 Å². The monoisotopic (exact) mass is 364 g/mol. The Balaban J connectivity index is 1.96. The Kier molecular flexibility index (Phi) is 5.12. The number of rotatable bonds is 1. The molecule has 0 atom stereocenters. The van der Waals surface area contributed by atoms with E-state index in [9.17, 15) is 4.79 Å². The molecular weight excluding hydrogens is 344 g/mol. The van der Waals surface area contributed by atoms with Gasteiger partial charge in [0.15, 0.2) is 0 Å². The SMILES string of the molecule is CC(C)(C)OC(=O)N1CCC(c2ccc(C#N)c(Br)c2)CC1. The van der Waals surface area contributed by atoms with Gasteiger partial charge < -0.3 is 9.64 Å². The number of hydrogen-bond donors (Lipinski definition) is 0. The number of amides is 1. The van der Waals surface area contributed by atoms with Gasteiger partial charge >= 0.3 is 6.09 Å². The predicted molar refractivity (Wildman–Crippen MR) is 88.6 cm³/mol. The van der Waals surface area contributed by atoms with Gasteiger partial charge in [-0.05, 0) is 73.2 Å². The van der Waals surface area contributed by atoms with Crippen LogP contribution in [0.15, 0.2) is 22.7 Å². The predicted octanol–water partition coefficient (Wildman–Crippen LogP) is 4.44. The third-order valence-corrected chi connectivity index (χ3v) is 4.39. The van der Waals surface area contributed by atoms with Gasteiger partial charge in [-0.15, -0.1) is 0 Å². The summed E-state index contributed by atoms with van der Waals surface area (Å²) < 4.78 is 6.25. The van der Waals surface area contributed by atoms with Crippen molar-refractivity contribution in [2.24, 2.45) is 0 Å². The van der Waals surface area contributed by atoms with Crippen LogP contribution in [0.3, 0.4) is 0 Å². The fourth-order valence-corrected chi connectivity index (χ4v) is 3.08. The maximum absolute atomic E-state index is 12.1. The molecule has 1 aliphatic rings. The van der Waals surface area contributed by atoms with Crippen molar-refractivity contribution in [1.29, 1.82) is 5.26 Å². The maximum atomic E-state index is 12.1. The first kappa shape index (κ1) is 16.8. The number of benzene rings is 1. The molecule has 0 aliphatic carbocycles. The number of nitrogens with zero attached hydrogens (tertiary/aromatic N) is 2. The van der Waals surface area contributed by atoms with Crippen LogP contribution in [-0.4, -0.2) is 29.7 Å². The van der Waals surface area contributed by atoms with Gasteiger partial charge in [0.2, 0.25) is 0 Å². The minimum absolute atomic E-state index is 0.230. The Hall–Kier alpha value is -1.54. The van der Waals surface area contributed by atoms with E-state index >= 15 is 0 Å². The molecule has 1 fully saturated rings. The Bertz CT molecular complexity index is 594. The lowest BCUT2D eigenvalue weighted by molar-refractivity contribution is 0.0205. The average Bonchev–Trinajstić information content (AvgIpc) is 2.45. The fourth-order valence-electron chi connectivity index (χ4n) is 2.60. The lowest BCUT2D eigenvalue weighted by Gasteiger charge is -2.33. The van der Waals surface area contributed by atoms with Gasteiger partial charge in [-0.1, -0.05) is 6.07 Å². The number of ether oxygens (including phenoxy) is 1. The normalized spacial score (nSPS) is 16.2. The molecule has 1 amide bonds. The van der Waals surface area contributed by atoms with Crippen molar-refractivity contribution in [3.8, 4) is 6.07 Å². The lowest BCUT2D eigenvalue weighted by atomic mass is 9.89. The summed E-state index contributed by atoms with van der Waals surface area (Å²) >= 11 is 3.43. The Morgan fingerprint density at radius 3 is 2.50 bits per heavy atom. The average molecular weight is 365 g/mol. The van der Waals surface area contributed by atoms with E-state index < -0.39 is 5.60 Å². The number of halogens is 1. The van der Waals surface area contributed by atoms with Crippen molar-refractivity contribution in [2.75, 3.05) is 13.1 Å². The summed E-state index contributed by atoms with van der Waals surface area (Å²) in [6.07, 6.45) is 1.60. The standard InChI is InChI=1S/C17H21BrN2O2/c1-17(2,3)22-16(21)20-8-6-12(7-9-20)13-4-5-14(11-19)15(18)10-13/h4-5,10,12H,6-9H2,1-3H3. The summed E-state index contributed by atoms with van der Waals surface area (Å²) in [5, 5.41) is 8.97. The highest BCUT2D eigenvalue weighted by Crippen LogP contribution is 2.31. The van der Waals surface area contributed by atoms with E-state index in [0.717, 1.165) is 17.3 Å². The van der Waals surface area contributed by atoms with Gasteiger partial charge in [-0.25, -0.2) is 4.79 Å². The maximum Gasteiger partial charge on any atom is 0.410 e. The van der Waals surface area contributed by atoms with Gasteiger partial charge in [0.1, 0.15) is 11.7 Å². The number of hydrogen-bond acceptors (Lipinski definition) is 3. The highest BCUT2D eigenvalue weighted by molar-refractivity contribution is 9.10. The molecule has 118 valence electrons. The molecule has 0 N–H and O–H groups in total. The van der Waals surface area contributed by atoms with Crippen LogP contribution in [0.5, 0.6) is 0 Å². The van der Waals surface area contributed by atoms with Crippen LogP contribution in [0.1, 0.15) is 50.7 Å². The molecule has 5 heteroatoms. The van der Waals surface area contributed by atoms with E-state index in [-0.39, 0.29) is 6.09 Å². The molecule has 0 unspecified atom stereocenters. The second kappa shape index (κ2) is 6.70. The molecule has 0 bridgehead atoms. The summed E-state index contributed by atoms with van der Waals surface area (Å²) in [6, 6.07) is 8.03. The van der Waals surface area contributed by atoms with E-state index in [4.69, 9.17) is 10.00 Å². The first-order valence-electron chi connectivity index (χ1n) is 7.47. The van der Waals surface area contributed by atoms with Crippen molar-refractivity contribution >= 4 is 22.0 Å². The topological polar surface area (TPSA) is 53.3 Å². The zero-order valence-corrected chi connectivity index (χ0v) is 14.8. The van der Waals surface area contributed by atoms with Gasteiger partial charge in [0.05, 0.1) is 5.56 Å². The molecule has 1 aromatic rings. The fraction of sp³-hybridized carbons (Fsp3) is 0.529. The number of carbonyl (C=O) groups is 1. The highest BCUT2D eigenvalue weighted by Gasteiger charge is 2.27. The Morgan fingerprint density at radius 1 is 1.36 bits per heavy atom. The summed E-state index contributed by atoms with van der Waals surface area (Å²) in [6.45, 7) is 7.05. The van der Waals surface area contributed by atoms with Crippen molar-refractivity contribution in [3.05, 3.63) is 33.8 Å². The minimum Gasteiger partial charge on any atom is -0.444 e. The minimum atomic E-state index is -0.452. The molecule has 1 saturated heterocycles. The van der Waals surface area contributed by atoms with Crippen LogP contribution in [-0.2, 0) is 4.74 Å². The first-order chi connectivity index (χ1) is 10.3. The third-order valence-electron chi connectivity index (χ3n) is 3.73. The zero-order valence-electron chi connectivity index (χ0n) is 13.2. The van der Waals surface area contributed by atoms with Gasteiger partial charge in [0, 0.05) is 17.6 Å². The van der Waals surface area contributed by atoms with Gasteiger partial charge in [0.25, 0.3) is 0 Å². The smallest absolute Gasteiger partial charge is 0.410 e. The number of nitriles is 1. The van der Waals surface area contributed by atoms with Crippen LogP contribution >= 0.6 is 15.9 Å².